The number of aliphatic hydroxyl groups is 1. The van der Waals surface area contributed by atoms with Gasteiger partial charge < -0.3 is 20.3 Å². The lowest BCUT2D eigenvalue weighted by Crippen LogP contribution is -2.55. The number of hydrogen-bond acceptors (Lipinski definition) is 7. The Morgan fingerprint density at radius 1 is 1.02 bits per heavy atom. The Balaban J connectivity index is 1.57. The van der Waals surface area contributed by atoms with Crippen LogP contribution in [0, 0.1) is 11.8 Å². The van der Waals surface area contributed by atoms with Crippen molar-refractivity contribution in [2.45, 2.75) is 61.3 Å². The molecule has 4 rings (SSSR count). The summed E-state index contributed by atoms with van der Waals surface area (Å²) in [6, 6.07) is 19.6. The van der Waals surface area contributed by atoms with Gasteiger partial charge in [0.15, 0.2) is 0 Å². The fourth-order valence-corrected chi connectivity index (χ4v) is 8.15. The van der Waals surface area contributed by atoms with E-state index in [2.05, 4.69) is 10.0 Å². The van der Waals surface area contributed by atoms with E-state index in [0.29, 0.717) is 24.2 Å². The molecule has 238 valence electrons. The Hall–Kier alpha value is -3.16. The maximum absolute atomic E-state index is 13.7. The van der Waals surface area contributed by atoms with Gasteiger partial charge >= 0.3 is 5.97 Å². The quantitative estimate of drug-likeness (QED) is 0.209. The van der Waals surface area contributed by atoms with Crippen LogP contribution in [0.1, 0.15) is 31.2 Å². The van der Waals surface area contributed by atoms with Crippen molar-refractivity contribution in [1.29, 1.82) is 0 Å². The predicted molar refractivity (Wildman–Crippen MR) is 169 cm³/mol. The minimum Gasteiger partial charge on any atom is -0.481 e. The Bertz CT molecular complexity index is 1560. The van der Waals surface area contributed by atoms with Gasteiger partial charge in [0.05, 0.1) is 47.0 Å². The number of amides is 1. The zero-order valence-corrected chi connectivity index (χ0v) is 26.4. The number of benzene rings is 3. The van der Waals surface area contributed by atoms with Gasteiger partial charge in [0.1, 0.15) is 6.04 Å². The highest BCUT2D eigenvalue weighted by Crippen LogP contribution is 2.35. The summed E-state index contributed by atoms with van der Waals surface area (Å²) >= 11 is 0. The van der Waals surface area contributed by atoms with Crippen molar-refractivity contribution in [2.24, 2.45) is 11.8 Å². The average Bonchev–Trinajstić information content (AvgIpc) is 2.99. The smallest absolute Gasteiger partial charge is 0.306 e. The fourth-order valence-electron chi connectivity index (χ4n) is 5.96. The van der Waals surface area contributed by atoms with Crippen molar-refractivity contribution in [1.82, 2.24) is 10.0 Å². The maximum Gasteiger partial charge on any atom is 0.306 e. The Morgan fingerprint density at radius 2 is 1.70 bits per heavy atom. The largest absolute Gasteiger partial charge is 0.481 e. The third-order valence-corrected chi connectivity index (χ3v) is 10.4. The molecule has 0 saturated heterocycles. The van der Waals surface area contributed by atoms with Crippen LogP contribution in [0.25, 0.3) is 10.8 Å². The van der Waals surface area contributed by atoms with Gasteiger partial charge in [0, 0.05) is 12.0 Å². The van der Waals surface area contributed by atoms with E-state index in [1.807, 2.05) is 60.7 Å². The van der Waals surface area contributed by atoms with Crippen molar-refractivity contribution in [2.75, 3.05) is 19.1 Å². The van der Waals surface area contributed by atoms with E-state index in [-0.39, 0.29) is 30.6 Å². The van der Waals surface area contributed by atoms with Crippen LogP contribution in [0.3, 0.4) is 0 Å². The summed E-state index contributed by atoms with van der Waals surface area (Å²) in [5.74, 6) is -3.07. The second kappa shape index (κ2) is 15.2. The number of carboxylic acids is 1. The first-order chi connectivity index (χ1) is 20.9. The summed E-state index contributed by atoms with van der Waals surface area (Å²) in [6.45, 7) is 0. The number of aliphatic carboxylic acids is 1. The van der Waals surface area contributed by atoms with Crippen molar-refractivity contribution in [3.05, 3.63) is 78.4 Å². The first-order valence-corrected chi connectivity index (χ1v) is 17.8. The van der Waals surface area contributed by atoms with Gasteiger partial charge in [-0.15, -0.1) is 0 Å². The highest BCUT2D eigenvalue weighted by Gasteiger charge is 2.38. The van der Waals surface area contributed by atoms with Crippen molar-refractivity contribution in [3.8, 4) is 0 Å². The second-order valence-electron chi connectivity index (χ2n) is 11.4. The summed E-state index contributed by atoms with van der Waals surface area (Å²) in [6.07, 6.45) is 1.50. The van der Waals surface area contributed by atoms with E-state index < -0.39 is 56.8 Å². The number of rotatable bonds is 14. The molecule has 3 aromatic carbocycles. The zero-order chi connectivity index (χ0) is 31.9. The van der Waals surface area contributed by atoms with Gasteiger partial charge in [0.25, 0.3) is 0 Å². The van der Waals surface area contributed by atoms with Crippen LogP contribution in [0.5, 0.6) is 0 Å². The highest BCUT2D eigenvalue weighted by molar-refractivity contribution is 7.89. The summed E-state index contributed by atoms with van der Waals surface area (Å²) in [5.41, 5.74) is 0.821. The van der Waals surface area contributed by atoms with E-state index in [1.165, 1.54) is 0 Å². The molecule has 1 saturated carbocycles. The molecule has 3 aromatic rings. The van der Waals surface area contributed by atoms with E-state index in [9.17, 15) is 32.4 Å². The molecule has 10 nitrogen and oxygen atoms in total. The fraction of sp³-hybridized carbons (Fsp3) is 0.438. The second-order valence-corrected chi connectivity index (χ2v) is 14.7. The number of aliphatic hydroxyl groups excluding tert-OH is 1. The third-order valence-electron chi connectivity index (χ3n) is 8.22. The lowest BCUT2D eigenvalue weighted by atomic mass is 9.74. The Kier molecular flexibility index (Phi) is 11.7. The molecular formula is C32H40N2O8S2. The Morgan fingerprint density at radius 3 is 2.39 bits per heavy atom. The molecule has 1 aliphatic rings. The van der Waals surface area contributed by atoms with E-state index in [1.54, 1.807) is 19.2 Å². The number of ether oxygens (including phenoxy) is 1. The van der Waals surface area contributed by atoms with Gasteiger partial charge in [-0.3, -0.25) is 13.8 Å². The molecule has 0 bridgehead atoms. The van der Waals surface area contributed by atoms with Crippen LogP contribution in [-0.4, -0.2) is 78.1 Å². The van der Waals surface area contributed by atoms with Crippen LogP contribution in [0.2, 0.25) is 0 Å². The molecule has 7 atom stereocenters. The topological polar surface area (TPSA) is 159 Å². The molecule has 12 heteroatoms. The monoisotopic (exact) mass is 644 g/mol. The number of hydrogen-bond donors (Lipinski definition) is 4. The van der Waals surface area contributed by atoms with Crippen LogP contribution in [-0.2, 0) is 41.6 Å². The maximum atomic E-state index is 13.7. The third kappa shape index (κ3) is 9.18. The minimum absolute atomic E-state index is 0.122. The van der Waals surface area contributed by atoms with Crippen LogP contribution in [0.4, 0.5) is 0 Å². The Labute approximate surface area is 260 Å². The summed E-state index contributed by atoms with van der Waals surface area (Å²) in [5, 5.41) is 25.7. The SMILES string of the molecule is COC1CCC(CC(O)C(Cc2ccccc2)NC(=O)C(CS(=O)c2cccc3ccccc23)NS(C)(=O)=O)C(C(=O)O)C1. The van der Waals surface area contributed by atoms with E-state index in [4.69, 9.17) is 4.74 Å². The molecule has 0 radical (unpaired) electrons. The summed E-state index contributed by atoms with van der Waals surface area (Å²) in [7, 11) is -4.09. The summed E-state index contributed by atoms with van der Waals surface area (Å²) in [4.78, 5) is 26.3. The standard InChI is InChI=1S/C32H40N2O8S2/c1-42-24-16-15-23(26(19-24)32(37)38)18-29(35)27(17-21-9-4-3-5-10-21)33-31(36)28(34-44(2,40)41)20-43(39)30-14-8-12-22-11-6-7-13-25(22)30/h3-14,23-24,26-29,34-35H,15-20H2,1-2H3,(H,33,36)(H,37,38). The summed E-state index contributed by atoms with van der Waals surface area (Å²) < 4.78 is 45.9. The van der Waals surface area contributed by atoms with E-state index in [0.717, 1.165) is 22.6 Å². The van der Waals surface area contributed by atoms with Gasteiger partial charge in [-0.2, -0.15) is 0 Å². The van der Waals surface area contributed by atoms with Crippen LogP contribution < -0.4 is 10.0 Å². The first-order valence-electron chi connectivity index (χ1n) is 14.6. The van der Waals surface area contributed by atoms with Crippen LogP contribution >= 0.6 is 0 Å². The number of fused-ring (bicyclic) bond motifs is 1. The van der Waals surface area contributed by atoms with E-state index >= 15 is 0 Å². The van der Waals surface area contributed by atoms with Crippen LogP contribution in [0.15, 0.2) is 77.7 Å². The lowest BCUT2D eigenvalue weighted by Gasteiger charge is -2.36. The van der Waals surface area contributed by atoms with Gasteiger partial charge in [-0.1, -0.05) is 66.7 Å². The normalized spacial score (nSPS) is 21.7. The molecule has 0 spiro atoms. The molecule has 1 amide bonds. The van der Waals surface area contributed by atoms with Crippen molar-refractivity contribution >= 4 is 43.5 Å². The first kappa shape index (κ1) is 33.7. The molecule has 1 fully saturated rings. The molecule has 1 aliphatic carbocycles. The number of carbonyl (C=O) groups is 2. The minimum atomic E-state index is -3.89. The number of sulfonamides is 1. The molecule has 0 aromatic heterocycles. The molecule has 0 aliphatic heterocycles. The predicted octanol–water partition coefficient (Wildman–Crippen LogP) is 2.86. The molecule has 0 heterocycles. The molecular weight excluding hydrogens is 604 g/mol. The van der Waals surface area contributed by atoms with Crippen molar-refractivity contribution in [3.63, 3.8) is 0 Å². The van der Waals surface area contributed by atoms with Gasteiger partial charge in [-0.05, 0) is 60.4 Å². The number of methoxy groups -OCH3 is 1. The molecule has 7 unspecified atom stereocenters. The van der Waals surface area contributed by atoms with Crippen molar-refractivity contribution < 1.29 is 37.2 Å². The number of carbonyl (C=O) groups excluding carboxylic acids is 1. The lowest BCUT2D eigenvalue weighted by molar-refractivity contribution is -0.148. The van der Waals surface area contributed by atoms with Gasteiger partial charge in [0.2, 0.25) is 15.9 Å². The van der Waals surface area contributed by atoms with Gasteiger partial charge in [-0.25, -0.2) is 13.1 Å². The number of nitrogens with one attached hydrogen (secondary N) is 2. The average molecular weight is 645 g/mol. The highest BCUT2D eigenvalue weighted by atomic mass is 32.2. The molecule has 44 heavy (non-hydrogen) atoms. The number of carboxylic acid groups (broad SMARTS) is 1. The molecule has 4 N–H and O–H groups in total. The zero-order valence-electron chi connectivity index (χ0n) is 24.8.